The Morgan fingerprint density at radius 3 is 2.71 bits per heavy atom. The van der Waals surface area contributed by atoms with Crippen LogP contribution in [0.5, 0.6) is 0 Å². The van der Waals surface area contributed by atoms with Crippen LogP contribution in [0.1, 0.15) is 36.0 Å². The van der Waals surface area contributed by atoms with E-state index in [1.165, 1.54) is 12.5 Å². The van der Waals surface area contributed by atoms with Gasteiger partial charge in [0.05, 0.1) is 4.92 Å². The average molecular weight is 314 g/mol. The summed E-state index contributed by atoms with van der Waals surface area (Å²) < 4.78 is 13.2. The number of halogens is 1. The van der Waals surface area contributed by atoms with Gasteiger partial charge < -0.3 is 5.32 Å². The standard InChI is InChI=1S/C14H19FN2O3S/c1-21-9-5-3-2-4-8-16-14(18)11-6-7-12(15)13(10-11)17(19)20/h6-7,10H,2-5,8-9H2,1H3,(H,16,18). The van der Waals surface area contributed by atoms with Gasteiger partial charge in [0.15, 0.2) is 0 Å². The van der Waals surface area contributed by atoms with Crippen molar-refractivity contribution in [3.8, 4) is 0 Å². The monoisotopic (exact) mass is 314 g/mol. The SMILES string of the molecule is CSCCCCCCNC(=O)c1ccc(F)c([N+](=O)[O-])c1. The predicted octanol–water partition coefficient (Wildman–Crippen LogP) is 3.39. The van der Waals surface area contributed by atoms with E-state index in [1.807, 2.05) is 11.8 Å². The Kier molecular flexibility index (Phi) is 7.74. The van der Waals surface area contributed by atoms with Gasteiger partial charge in [0, 0.05) is 18.2 Å². The second-order valence-corrected chi connectivity index (χ2v) is 5.57. The van der Waals surface area contributed by atoms with Gasteiger partial charge in [-0.15, -0.1) is 0 Å². The maximum atomic E-state index is 13.2. The first-order chi connectivity index (χ1) is 10.1. The zero-order chi connectivity index (χ0) is 15.7. The zero-order valence-corrected chi connectivity index (χ0v) is 12.7. The Morgan fingerprint density at radius 2 is 2.05 bits per heavy atom. The highest BCUT2D eigenvalue weighted by Gasteiger charge is 2.17. The third kappa shape index (κ3) is 6.12. The topological polar surface area (TPSA) is 72.2 Å². The van der Waals surface area contributed by atoms with Crippen LogP contribution in [0.4, 0.5) is 10.1 Å². The van der Waals surface area contributed by atoms with Crippen LogP contribution < -0.4 is 5.32 Å². The second-order valence-electron chi connectivity index (χ2n) is 4.59. The maximum absolute atomic E-state index is 13.2. The number of nitro groups is 1. The molecular weight excluding hydrogens is 295 g/mol. The number of carbonyl (C=O) groups excluding carboxylic acids is 1. The molecule has 1 N–H and O–H groups in total. The molecule has 0 fully saturated rings. The van der Waals surface area contributed by atoms with Gasteiger partial charge in [0.2, 0.25) is 5.82 Å². The lowest BCUT2D eigenvalue weighted by atomic mass is 10.1. The highest BCUT2D eigenvalue weighted by Crippen LogP contribution is 2.18. The summed E-state index contributed by atoms with van der Waals surface area (Å²) in [5.41, 5.74) is -0.579. The van der Waals surface area contributed by atoms with Crippen molar-refractivity contribution in [1.29, 1.82) is 0 Å². The molecule has 0 aromatic heterocycles. The Bertz CT molecular complexity index is 497. The Morgan fingerprint density at radius 1 is 1.33 bits per heavy atom. The molecule has 7 heteroatoms. The number of benzene rings is 1. The molecule has 0 saturated heterocycles. The van der Waals surface area contributed by atoms with E-state index >= 15 is 0 Å². The first-order valence-electron chi connectivity index (χ1n) is 6.77. The predicted molar refractivity (Wildman–Crippen MR) is 82.2 cm³/mol. The van der Waals surface area contributed by atoms with Gasteiger partial charge in [-0.05, 0) is 37.0 Å². The maximum Gasteiger partial charge on any atom is 0.305 e. The minimum Gasteiger partial charge on any atom is -0.352 e. The van der Waals surface area contributed by atoms with Crippen LogP contribution in [0.15, 0.2) is 18.2 Å². The number of nitrogens with one attached hydrogen (secondary N) is 1. The lowest BCUT2D eigenvalue weighted by Crippen LogP contribution is -2.24. The molecule has 0 bridgehead atoms. The molecule has 5 nitrogen and oxygen atoms in total. The molecule has 0 heterocycles. The first-order valence-corrected chi connectivity index (χ1v) is 8.16. The molecule has 116 valence electrons. The van der Waals surface area contributed by atoms with Crippen LogP contribution in [-0.2, 0) is 0 Å². The van der Waals surface area contributed by atoms with E-state index in [-0.39, 0.29) is 5.56 Å². The number of unbranched alkanes of at least 4 members (excludes halogenated alkanes) is 3. The molecule has 0 unspecified atom stereocenters. The number of nitro benzene ring substituents is 1. The summed E-state index contributed by atoms with van der Waals surface area (Å²) in [5.74, 6) is -0.210. The Hall–Kier alpha value is -1.63. The van der Waals surface area contributed by atoms with Crippen LogP contribution in [0.25, 0.3) is 0 Å². The van der Waals surface area contributed by atoms with E-state index in [0.29, 0.717) is 6.54 Å². The van der Waals surface area contributed by atoms with Crippen molar-refractivity contribution in [2.24, 2.45) is 0 Å². The van der Waals surface area contributed by atoms with Crippen molar-refractivity contribution in [3.05, 3.63) is 39.7 Å². The molecule has 0 atom stereocenters. The van der Waals surface area contributed by atoms with Crippen molar-refractivity contribution in [2.45, 2.75) is 25.7 Å². The largest absolute Gasteiger partial charge is 0.352 e. The normalized spacial score (nSPS) is 10.4. The number of carbonyl (C=O) groups is 1. The minimum absolute atomic E-state index is 0.102. The molecule has 1 aromatic rings. The number of hydrogen-bond acceptors (Lipinski definition) is 4. The third-order valence-corrected chi connectivity index (χ3v) is 3.66. The van der Waals surface area contributed by atoms with E-state index < -0.39 is 22.3 Å². The first kappa shape index (κ1) is 17.4. The molecule has 0 aliphatic carbocycles. The van der Waals surface area contributed by atoms with Gasteiger partial charge in [-0.3, -0.25) is 14.9 Å². The lowest BCUT2D eigenvalue weighted by molar-refractivity contribution is -0.387. The van der Waals surface area contributed by atoms with Crippen LogP contribution in [0, 0.1) is 15.9 Å². The van der Waals surface area contributed by atoms with E-state index in [0.717, 1.165) is 37.1 Å². The van der Waals surface area contributed by atoms with Crippen molar-refractivity contribution in [3.63, 3.8) is 0 Å². The average Bonchev–Trinajstić information content (AvgIpc) is 2.46. The minimum atomic E-state index is -0.939. The zero-order valence-electron chi connectivity index (χ0n) is 11.9. The summed E-state index contributed by atoms with van der Waals surface area (Å²) in [7, 11) is 0. The summed E-state index contributed by atoms with van der Waals surface area (Å²) in [5, 5.41) is 13.3. The van der Waals surface area contributed by atoms with Crippen LogP contribution in [-0.4, -0.2) is 29.4 Å². The van der Waals surface area contributed by atoms with Crippen molar-refractivity contribution in [2.75, 3.05) is 18.6 Å². The summed E-state index contributed by atoms with van der Waals surface area (Å²) in [6.45, 7) is 0.517. The van der Waals surface area contributed by atoms with E-state index in [2.05, 4.69) is 11.6 Å². The van der Waals surface area contributed by atoms with Crippen molar-refractivity contribution >= 4 is 23.4 Å². The molecule has 1 rings (SSSR count). The fourth-order valence-electron chi connectivity index (χ4n) is 1.82. The van der Waals surface area contributed by atoms with Gasteiger partial charge >= 0.3 is 5.69 Å². The van der Waals surface area contributed by atoms with Crippen LogP contribution in [0.2, 0.25) is 0 Å². The number of hydrogen-bond donors (Lipinski definition) is 1. The number of thioether (sulfide) groups is 1. The van der Waals surface area contributed by atoms with E-state index in [4.69, 9.17) is 0 Å². The highest BCUT2D eigenvalue weighted by molar-refractivity contribution is 7.98. The molecule has 0 radical (unpaired) electrons. The third-order valence-electron chi connectivity index (χ3n) is 2.97. The molecule has 1 amide bonds. The van der Waals surface area contributed by atoms with E-state index in [9.17, 15) is 19.3 Å². The summed E-state index contributed by atoms with van der Waals surface area (Å²) in [4.78, 5) is 21.6. The van der Waals surface area contributed by atoms with Crippen molar-refractivity contribution < 1.29 is 14.1 Å². The summed E-state index contributed by atoms with van der Waals surface area (Å²) in [6.07, 6.45) is 6.26. The molecule has 0 aliphatic heterocycles. The smallest absolute Gasteiger partial charge is 0.305 e. The van der Waals surface area contributed by atoms with Gasteiger partial charge in [0.1, 0.15) is 0 Å². The van der Waals surface area contributed by atoms with Crippen LogP contribution >= 0.6 is 11.8 Å². The number of rotatable bonds is 9. The molecule has 0 aliphatic rings. The molecule has 0 saturated carbocycles. The number of amides is 1. The quantitative estimate of drug-likeness (QED) is 0.431. The summed E-state index contributed by atoms with van der Waals surface area (Å²) >= 11 is 1.82. The fraction of sp³-hybridized carbons (Fsp3) is 0.500. The summed E-state index contributed by atoms with van der Waals surface area (Å²) in [6, 6.07) is 3.15. The second kappa shape index (κ2) is 9.33. The molecule has 0 spiro atoms. The Balaban J connectivity index is 2.39. The van der Waals surface area contributed by atoms with Gasteiger partial charge in [-0.25, -0.2) is 0 Å². The van der Waals surface area contributed by atoms with E-state index in [1.54, 1.807) is 0 Å². The Labute approximate surface area is 127 Å². The van der Waals surface area contributed by atoms with Gasteiger partial charge in [-0.1, -0.05) is 12.8 Å². The molecule has 21 heavy (non-hydrogen) atoms. The highest BCUT2D eigenvalue weighted by atomic mass is 32.2. The van der Waals surface area contributed by atoms with Crippen molar-refractivity contribution in [1.82, 2.24) is 5.32 Å². The van der Waals surface area contributed by atoms with Crippen LogP contribution in [0.3, 0.4) is 0 Å². The number of nitrogens with zero attached hydrogens (tertiary/aromatic N) is 1. The fourth-order valence-corrected chi connectivity index (χ4v) is 2.32. The van der Waals surface area contributed by atoms with Gasteiger partial charge in [0.25, 0.3) is 5.91 Å². The lowest BCUT2D eigenvalue weighted by Gasteiger charge is -2.05. The molecule has 1 aromatic carbocycles. The van der Waals surface area contributed by atoms with Gasteiger partial charge in [-0.2, -0.15) is 16.2 Å². The molecular formula is C14H19FN2O3S.